The van der Waals surface area contributed by atoms with E-state index < -0.39 is 0 Å². The van der Waals surface area contributed by atoms with Gasteiger partial charge in [0.2, 0.25) is 0 Å². The molecule has 0 bridgehead atoms. The maximum absolute atomic E-state index is 11.6. The van der Waals surface area contributed by atoms with E-state index in [1.54, 1.807) is 6.92 Å². The molecule has 0 fully saturated rings. The maximum Gasteiger partial charge on any atom is 0.264 e. The molecule has 0 radical (unpaired) electrons. The Balaban J connectivity index is 3.48. The molecule has 0 aliphatic rings. The summed E-state index contributed by atoms with van der Waals surface area (Å²) in [5.41, 5.74) is -0.156. The van der Waals surface area contributed by atoms with Crippen LogP contribution >= 0.6 is 0 Å². The Bertz CT molecular complexity index is 380. The molecule has 1 aromatic heterocycles. The zero-order chi connectivity index (χ0) is 10.0. The van der Waals surface area contributed by atoms with E-state index in [0.29, 0.717) is 12.1 Å². The molecular weight excluding hydrogens is 168 g/mol. The number of carbonyl (C=O) groups excluding carboxylic acids is 1. The topological polar surface area (TPSA) is 52.0 Å². The molecule has 1 aromatic rings. The van der Waals surface area contributed by atoms with E-state index in [-0.39, 0.29) is 17.2 Å². The highest BCUT2D eigenvalue weighted by Gasteiger charge is 2.08. The highest BCUT2D eigenvalue weighted by molar-refractivity contribution is 5.73. The van der Waals surface area contributed by atoms with Gasteiger partial charge in [0, 0.05) is 12.2 Å². The van der Waals surface area contributed by atoms with Crippen molar-refractivity contribution in [2.45, 2.75) is 26.8 Å². The maximum atomic E-state index is 11.6. The van der Waals surface area contributed by atoms with Gasteiger partial charge in [-0.3, -0.25) is 14.2 Å². The lowest BCUT2D eigenvalue weighted by molar-refractivity contribution is 0.112. The monoisotopic (exact) mass is 180 g/mol. The molecule has 0 aliphatic carbocycles. The third-order valence-electron chi connectivity index (χ3n) is 1.85. The lowest BCUT2D eigenvalue weighted by Gasteiger charge is -2.12. The smallest absolute Gasteiger partial charge is 0.264 e. The molecule has 13 heavy (non-hydrogen) atoms. The number of aldehydes is 1. The molecule has 0 spiro atoms. The van der Waals surface area contributed by atoms with Crippen LogP contribution in [0, 0.1) is 6.92 Å². The Labute approximate surface area is 76.2 Å². The van der Waals surface area contributed by atoms with Crippen LogP contribution in [0.25, 0.3) is 0 Å². The summed E-state index contributed by atoms with van der Waals surface area (Å²) < 4.78 is 1.50. The largest absolute Gasteiger partial charge is 0.298 e. The van der Waals surface area contributed by atoms with Crippen LogP contribution in [0.3, 0.4) is 0 Å². The Kier molecular flexibility index (Phi) is 2.60. The second-order valence-electron chi connectivity index (χ2n) is 3.15. The van der Waals surface area contributed by atoms with E-state index in [4.69, 9.17) is 0 Å². The van der Waals surface area contributed by atoms with Crippen molar-refractivity contribution < 1.29 is 4.79 Å². The Hall–Kier alpha value is -1.45. The number of aryl methyl sites for hydroxylation is 1. The summed E-state index contributed by atoms with van der Waals surface area (Å²) in [5.74, 6) is 0.630. The molecule has 1 heterocycles. The van der Waals surface area contributed by atoms with Crippen molar-refractivity contribution in [1.29, 1.82) is 0 Å². The number of hydrogen-bond acceptors (Lipinski definition) is 3. The standard InChI is InChI=1S/C9H12N2O2/c1-6(2)11-7(3)10-4-8(5-12)9(11)13/h4-6H,1-3H3. The fourth-order valence-corrected chi connectivity index (χ4v) is 1.26. The number of nitrogens with zero attached hydrogens (tertiary/aromatic N) is 2. The third kappa shape index (κ3) is 1.66. The van der Waals surface area contributed by atoms with E-state index >= 15 is 0 Å². The van der Waals surface area contributed by atoms with Crippen LogP contribution < -0.4 is 5.56 Å². The van der Waals surface area contributed by atoms with E-state index in [1.807, 2.05) is 13.8 Å². The van der Waals surface area contributed by atoms with E-state index in [2.05, 4.69) is 4.98 Å². The van der Waals surface area contributed by atoms with Crippen LogP contribution in [0.15, 0.2) is 11.0 Å². The van der Waals surface area contributed by atoms with Gasteiger partial charge in [-0.25, -0.2) is 4.98 Å². The zero-order valence-electron chi connectivity index (χ0n) is 7.94. The van der Waals surface area contributed by atoms with Gasteiger partial charge >= 0.3 is 0 Å². The molecular formula is C9H12N2O2. The van der Waals surface area contributed by atoms with Crippen molar-refractivity contribution in [2.24, 2.45) is 0 Å². The summed E-state index contributed by atoms with van der Waals surface area (Å²) >= 11 is 0. The summed E-state index contributed by atoms with van der Waals surface area (Å²) in [7, 11) is 0. The van der Waals surface area contributed by atoms with Gasteiger partial charge in [-0.2, -0.15) is 0 Å². The van der Waals surface area contributed by atoms with Gasteiger partial charge in [-0.1, -0.05) is 0 Å². The Morgan fingerprint density at radius 1 is 1.54 bits per heavy atom. The number of aromatic nitrogens is 2. The highest BCUT2D eigenvalue weighted by atomic mass is 16.1. The first-order chi connectivity index (χ1) is 6.07. The zero-order valence-corrected chi connectivity index (χ0v) is 7.94. The van der Waals surface area contributed by atoms with Crippen LogP contribution in [-0.4, -0.2) is 15.8 Å². The minimum Gasteiger partial charge on any atom is -0.298 e. The van der Waals surface area contributed by atoms with E-state index in [0.717, 1.165) is 0 Å². The van der Waals surface area contributed by atoms with Gasteiger partial charge in [-0.05, 0) is 20.8 Å². The summed E-state index contributed by atoms with van der Waals surface area (Å²) in [6, 6.07) is 0.0277. The van der Waals surface area contributed by atoms with Crippen molar-refractivity contribution in [3.63, 3.8) is 0 Å². The molecule has 0 N–H and O–H groups in total. The second-order valence-corrected chi connectivity index (χ2v) is 3.15. The van der Waals surface area contributed by atoms with Gasteiger partial charge in [0.25, 0.3) is 5.56 Å². The lowest BCUT2D eigenvalue weighted by Crippen LogP contribution is -2.27. The molecule has 0 aromatic carbocycles. The predicted octanol–water partition coefficient (Wildman–Crippen LogP) is 0.945. The normalized spacial score (nSPS) is 10.5. The molecule has 4 nitrogen and oxygen atoms in total. The average Bonchev–Trinajstić information content (AvgIpc) is 2.04. The van der Waals surface area contributed by atoms with E-state index in [9.17, 15) is 9.59 Å². The fourth-order valence-electron chi connectivity index (χ4n) is 1.26. The number of carbonyl (C=O) groups is 1. The van der Waals surface area contributed by atoms with Crippen LogP contribution in [0.4, 0.5) is 0 Å². The molecule has 0 aliphatic heterocycles. The van der Waals surface area contributed by atoms with Gasteiger partial charge < -0.3 is 0 Å². The molecule has 70 valence electrons. The summed E-state index contributed by atoms with van der Waals surface area (Å²) in [6.07, 6.45) is 1.84. The average molecular weight is 180 g/mol. The molecule has 4 heteroatoms. The molecule has 0 saturated carbocycles. The predicted molar refractivity (Wildman–Crippen MR) is 49.0 cm³/mol. The molecule has 1 rings (SSSR count). The van der Waals surface area contributed by atoms with Crippen molar-refractivity contribution >= 4 is 6.29 Å². The molecule has 0 unspecified atom stereocenters. The van der Waals surface area contributed by atoms with Gasteiger partial charge in [0.15, 0.2) is 6.29 Å². The molecule has 0 amide bonds. The first-order valence-corrected chi connectivity index (χ1v) is 4.11. The van der Waals surface area contributed by atoms with Crippen LogP contribution in [0.5, 0.6) is 0 Å². The lowest BCUT2D eigenvalue weighted by atomic mass is 10.3. The van der Waals surface area contributed by atoms with Crippen molar-refractivity contribution in [3.8, 4) is 0 Å². The SMILES string of the molecule is Cc1ncc(C=O)c(=O)n1C(C)C. The van der Waals surface area contributed by atoms with E-state index in [1.165, 1.54) is 10.8 Å². The highest BCUT2D eigenvalue weighted by Crippen LogP contribution is 2.02. The van der Waals surface area contributed by atoms with Crippen molar-refractivity contribution in [1.82, 2.24) is 9.55 Å². The summed E-state index contributed by atoms with van der Waals surface area (Å²) in [5, 5.41) is 0. The number of rotatable bonds is 2. The van der Waals surface area contributed by atoms with Gasteiger partial charge in [-0.15, -0.1) is 0 Å². The first-order valence-electron chi connectivity index (χ1n) is 4.11. The van der Waals surface area contributed by atoms with Crippen molar-refractivity contribution in [2.75, 3.05) is 0 Å². The van der Waals surface area contributed by atoms with Crippen molar-refractivity contribution in [3.05, 3.63) is 27.9 Å². The first kappa shape index (κ1) is 9.64. The Morgan fingerprint density at radius 2 is 2.15 bits per heavy atom. The minimum atomic E-state index is -0.266. The van der Waals surface area contributed by atoms with Crippen LogP contribution in [0.2, 0.25) is 0 Å². The molecule has 0 saturated heterocycles. The van der Waals surface area contributed by atoms with Crippen LogP contribution in [0.1, 0.15) is 36.1 Å². The van der Waals surface area contributed by atoms with Gasteiger partial charge in [0.1, 0.15) is 5.82 Å². The van der Waals surface area contributed by atoms with Crippen LogP contribution in [-0.2, 0) is 0 Å². The summed E-state index contributed by atoms with van der Waals surface area (Å²) in [6.45, 7) is 5.51. The van der Waals surface area contributed by atoms with Gasteiger partial charge in [0.05, 0.1) is 5.56 Å². The molecule has 0 atom stereocenters. The minimum absolute atomic E-state index is 0.0277. The second kappa shape index (κ2) is 3.51. The number of hydrogen-bond donors (Lipinski definition) is 0. The quantitative estimate of drug-likeness (QED) is 0.636. The third-order valence-corrected chi connectivity index (χ3v) is 1.85. The summed E-state index contributed by atoms with van der Waals surface area (Å²) in [4.78, 5) is 26.0. The Morgan fingerprint density at radius 3 is 2.62 bits per heavy atom. The fraction of sp³-hybridized carbons (Fsp3) is 0.444.